The lowest BCUT2D eigenvalue weighted by atomic mass is 10.0. The number of benzene rings is 2. The minimum atomic E-state index is -3.78. The van der Waals surface area contributed by atoms with E-state index >= 15 is 0 Å². The molecule has 1 atom stereocenters. The fourth-order valence-corrected chi connectivity index (χ4v) is 4.26. The lowest BCUT2D eigenvalue weighted by molar-refractivity contribution is 0.0526. The Bertz CT molecular complexity index is 1090. The quantitative estimate of drug-likeness (QED) is 0.527. The van der Waals surface area contributed by atoms with Gasteiger partial charge in [0.25, 0.3) is 0 Å². The Kier molecular flexibility index (Phi) is 7.20. The summed E-state index contributed by atoms with van der Waals surface area (Å²) in [6.45, 7) is 2.05. The van der Waals surface area contributed by atoms with Gasteiger partial charge in [0, 0.05) is 17.4 Å². The molecule has 3 aromatic rings. The Hall–Kier alpha value is -2.74. The van der Waals surface area contributed by atoms with E-state index in [1.165, 1.54) is 24.3 Å². The summed E-state index contributed by atoms with van der Waals surface area (Å²) in [7, 11) is -3.78. The van der Waals surface area contributed by atoms with Gasteiger partial charge in [-0.3, -0.25) is 4.98 Å². The zero-order valence-electron chi connectivity index (χ0n) is 16.3. The van der Waals surface area contributed by atoms with Crippen molar-refractivity contribution in [3.8, 4) is 0 Å². The molecule has 1 unspecified atom stereocenters. The maximum atomic E-state index is 12.9. The monoisotopic (exact) mass is 444 g/mol. The zero-order chi connectivity index (χ0) is 21.6. The minimum Gasteiger partial charge on any atom is -0.462 e. The number of carbonyl (C=O) groups is 1. The molecule has 8 heteroatoms. The van der Waals surface area contributed by atoms with Gasteiger partial charge >= 0.3 is 5.97 Å². The number of nitrogens with one attached hydrogen (secondary N) is 1. The summed E-state index contributed by atoms with van der Waals surface area (Å²) >= 11 is 5.87. The molecule has 0 aliphatic heterocycles. The van der Waals surface area contributed by atoms with Crippen LogP contribution in [0.3, 0.4) is 0 Å². The van der Waals surface area contributed by atoms with Crippen molar-refractivity contribution in [3.05, 3.63) is 94.8 Å². The lowest BCUT2D eigenvalue weighted by Crippen LogP contribution is -2.30. The van der Waals surface area contributed by atoms with E-state index in [9.17, 15) is 13.2 Å². The van der Waals surface area contributed by atoms with Gasteiger partial charge in [-0.25, -0.2) is 17.9 Å². The summed E-state index contributed by atoms with van der Waals surface area (Å²) in [6, 6.07) is 15.9. The molecule has 1 N–H and O–H groups in total. The van der Waals surface area contributed by atoms with Crippen molar-refractivity contribution in [2.45, 2.75) is 24.3 Å². The highest BCUT2D eigenvalue weighted by atomic mass is 35.5. The number of pyridine rings is 1. The van der Waals surface area contributed by atoms with E-state index in [4.69, 9.17) is 16.3 Å². The Morgan fingerprint density at radius 3 is 2.40 bits per heavy atom. The number of sulfonamides is 1. The lowest BCUT2D eigenvalue weighted by Gasteiger charge is -2.19. The van der Waals surface area contributed by atoms with Crippen molar-refractivity contribution < 1.29 is 17.9 Å². The Morgan fingerprint density at radius 1 is 1.10 bits per heavy atom. The highest BCUT2D eigenvalue weighted by Gasteiger charge is 2.22. The number of nitrogens with zero attached hydrogens (tertiary/aromatic N) is 1. The van der Waals surface area contributed by atoms with Gasteiger partial charge in [0.2, 0.25) is 10.0 Å². The topological polar surface area (TPSA) is 85.4 Å². The fraction of sp³-hybridized carbons (Fsp3) is 0.182. The number of hydrogen-bond acceptors (Lipinski definition) is 5. The molecule has 1 heterocycles. The van der Waals surface area contributed by atoms with Gasteiger partial charge in [0.15, 0.2) is 0 Å². The van der Waals surface area contributed by atoms with Gasteiger partial charge in [-0.2, -0.15) is 0 Å². The average molecular weight is 445 g/mol. The Morgan fingerprint density at radius 2 is 1.80 bits per heavy atom. The van der Waals surface area contributed by atoms with Crippen LogP contribution in [0.5, 0.6) is 0 Å². The van der Waals surface area contributed by atoms with Crippen LogP contribution in [0.25, 0.3) is 0 Å². The molecular formula is C22H21ClN2O4S. The molecule has 0 radical (unpaired) electrons. The molecule has 0 aliphatic rings. The van der Waals surface area contributed by atoms with Crippen LogP contribution < -0.4 is 4.72 Å². The maximum Gasteiger partial charge on any atom is 0.338 e. The first-order chi connectivity index (χ1) is 14.4. The highest BCUT2D eigenvalue weighted by Crippen LogP contribution is 2.22. The summed E-state index contributed by atoms with van der Waals surface area (Å²) in [5, 5.41) is 0.458. The van der Waals surface area contributed by atoms with Gasteiger partial charge < -0.3 is 4.74 Å². The van der Waals surface area contributed by atoms with Crippen LogP contribution in [0.4, 0.5) is 0 Å². The van der Waals surface area contributed by atoms with Gasteiger partial charge in [0.1, 0.15) is 0 Å². The van der Waals surface area contributed by atoms with Crippen LogP contribution >= 0.6 is 11.6 Å². The predicted molar refractivity (Wildman–Crippen MR) is 115 cm³/mol. The number of esters is 1. The second-order valence-electron chi connectivity index (χ2n) is 6.54. The predicted octanol–water partition coefficient (Wildman–Crippen LogP) is 4.17. The summed E-state index contributed by atoms with van der Waals surface area (Å²) in [5.74, 6) is -0.392. The number of hydrogen-bond donors (Lipinski definition) is 1. The van der Waals surface area contributed by atoms with Crippen molar-refractivity contribution in [2.24, 2.45) is 0 Å². The average Bonchev–Trinajstić information content (AvgIpc) is 2.75. The van der Waals surface area contributed by atoms with E-state index in [0.29, 0.717) is 23.6 Å². The summed E-state index contributed by atoms with van der Waals surface area (Å²) in [6.07, 6.45) is 3.63. The van der Waals surface area contributed by atoms with Gasteiger partial charge in [-0.15, -0.1) is 0 Å². The number of rotatable bonds is 8. The summed E-state index contributed by atoms with van der Waals surface area (Å²) in [4.78, 5) is 16.1. The molecule has 0 saturated carbocycles. The van der Waals surface area contributed by atoms with E-state index in [0.717, 1.165) is 11.1 Å². The van der Waals surface area contributed by atoms with Gasteiger partial charge in [-0.1, -0.05) is 29.8 Å². The standard InChI is InChI=1S/C22H21ClN2O4S/c1-2-29-22(26)17-7-5-16(6-8-17)14-21(18-4-3-13-24-15-18)25-30(27,28)20-11-9-19(23)10-12-20/h3-13,15,21,25H,2,14H2,1H3. The van der Waals surface area contributed by atoms with Gasteiger partial charge in [0.05, 0.1) is 23.1 Å². The molecular weight excluding hydrogens is 424 g/mol. The SMILES string of the molecule is CCOC(=O)c1ccc(CC(NS(=O)(=O)c2ccc(Cl)cc2)c2cccnc2)cc1. The van der Waals surface area contributed by atoms with Crippen LogP contribution in [0.1, 0.15) is 34.5 Å². The van der Waals surface area contributed by atoms with Crippen molar-refractivity contribution in [3.63, 3.8) is 0 Å². The third-order valence-electron chi connectivity index (χ3n) is 4.41. The van der Waals surface area contributed by atoms with Crippen LogP contribution in [-0.2, 0) is 21.2 Å². The van der Waals surface area contributed by atoms with Crippen LogP contribution in [0, 0.1) is 0 Å². The Balaban J connectivity index is 1.85. The van der Waals surface area contributed by atoms with Crippen LogP contribution in [0.2, 0.25) is 5.02 Å². The van der Waals surface area contributed by atoms with E-state index < -0.39 is 22.0 Å². The first-order valence-corrected chi connectivity index (χ1v) is 11.2. The van der Waals surface area contributed by atoms with Crippen molar-refractivity contribution in [1.82, 2.24) is 9.71 Å². The molecule has 2 aromatic carbocycles. The fourth-order valence-electron chi connectivity index (χ4n) is 2.91. The summed E-state index contributed by atoms with van der Waals surface area (Å²) in [5.41, 5.74) is 2.03. The number of aromatic nitrogens is 1. The van der Waals surface area contributed by atoms with Crippen molar-refractivity contribution in [1.29, 1.82) is 0 Å². The molecule has 0 spiro atoms. The molecule has 0 saturated heterocycles. The number of ether oxygens (including phenoxy) is 1. The molecule has 0 bridgehead atoms. The molecule has 0 amide bonds. The molecule has 0 aliphatic carbocycles. The molecule has 30 heavy (non-hydrogen) atoms. The molecule has 0 fully saturated rings. The second kappa shape index (κ2) is 9.84. The Labute approximate surface area is 180 Å². The normalized spacial score (nSPS) is 12.3. The first kappa shape index (κ1) is 22.0. The van der Waals surface area contributed by atoms with Crippen molar-refractivity contribution in [2.75, 3.05) is 6.61 Å². The number of halogens is 1. The zero-order valence-corrected chi connectivity index (χ0v) is 17.9. The number of carbonyl (C=O) groups excluding carboxylic acids is 1. The van der Waals surface area contributed by atoms with Crippen molar-refractivity contribution >= 4 is 27.6 Å². The smallest absolute Gasteiger partial charge is 0.338 e. The van der Waals surface area contributed by atoms with Crippen LogP contribution in [-0.4, -0.2) is 26.0 Å². The molecule has 1 aromatic heterocycles. The maximum absolute atomic E-state index is 12.9. The minimum absolute atomic E-state index is 0.124. The molecule has 6 nitrogen and oxygen atoms in total. The third-order valence-corrected chi connectivity index (χ3v) is 6.15. The largest absolute Gasteiger partial charge is 0.462 e. The highest BCUT2D eigenvalue weighted by molar-refractivity contribution is 7.89. The summed E-state index contributed by atoms with van der Waals surface area (Å²) < 4.78 is 33.5. The third kappa shape index (κ3) is 5.66. The van der Waals surface area contributed by atoms with Gasteiger partial charge in [-0.05, 0) is 66.9 Å². The van der Waals surface area contributed by atoms with E-state index in [2.05, 4.69) is 9.71 Å². The van der Waals surface area contributed by atoms with E-state index in [1.807, 2.05) is 6.07 Å². The molecule has 156 valence electrons. The molecule has 3 rings (SSSR count). The second-order valence-corrected chi connectivity index (χ2v) is 8.69. The van der Waals surface area contributed by atoms with Crippen LogP contribution in [0.15, 0.2) is 78.0 Å². The first-order valence-electron chi connectivity index (χ1n) is 9.33. The van der Waals surface area contributed by atoms with E-state index in [-0.39, 0.29) is 4.90 Å². The van der Waals surface area contributed by atoms with E-state index in [1.54, 1.807) is 49.6 Å².